The lowest BCUT2D eigenvalue weighted by Crippen LogP contribution is -2.33. The fraction of sp³-hybridized carbons (Fsp3) is 0.176. The fourth-order valence-electron chi connectivity index (χ4n) is 2.01. The van der Waals surface area contributed by atoms with Gasteiger partial charge < -0.3 is 10.6 Å². The largest absolute Gasteiger partial charge is 0.343 e. The molecule has 114 valence electrons. The van der Waals surface area contributed by atoms with E-state index in [4.69, 9.17) is 0 Å². The van der Waals surface area contributed by atoms with Gasteiger partial charge in [0, 0.05) is 15.7 Å². The van der Waals surface area contributed by atoms with Crippen LogP contribution in [0.3, 0.4) is 0 Å². The van der Waals surface area contributed by atoms with E-state index in [1.807, 2.05) is 31.2 Å². The van der Waals surface area contributed by atoms with E-state index >= 15 is 0 Å². The molecule has 22 heavy (non-hydrogen) atoms. The summed E-state index contributed by atoms with van der Waals surface area (Å²) >= 11 is 3.31. The van der Waals surface area contributed by atoms with E-state index < -0.39 is 0 Å². The van der Waals surface area contributed by atoms with Crippen molar-refractivity contribution in [2.45, 2.75) is 13.3 Å². The highest BCUT2D eigenvalue weighted by Crippen LogP contribution is 2.15. The monoisotopic (exact) mass is 360 g/mol. The van der Waals surface area contributed by atoms with E-state index in [2.05, 4.69) is 26.6 Å². The van der Waals surface area contributed by atoms with Crippen molar-refractivity contribution in [2.24, 2.45) is 0 Å². The van der Waals surface area contributed by atoms with Crippen LogP contribution in [0.5, 0.6) is 0 Å². The fourth-order valence-corrected chi connectivity index (χ4v) is 2.27. The van der Waals surface area contributed by atoms with E-state index in [1.165, 1.54) is 0 Å². The van der Waals surface area contributed by atoms with Crippen LogP contribution in [0.1, 0.15) is 22.8 Å². The van der Waals surface area contributed by atoms with Crippen LogP contribution in [-0.2, 0) is 11.2 Å². The van der Waals surface area contributed by atoms with Crippen LogP contribution in [-0.4, -0.2) is 18.4 Å². The molecule has 0 atom stereocenters. The maximum absolute atomic E-state index is 11.9. The number of amides is 2. The average molecular weight is 361 g/mol. The Morgan fingerprint density at radius 3 is 2.41 bits per heavy atom. The topological polar surface area (TPSA) is 58.2 Å². The summed E-state index contributed by atoms with van der Waals surface area (Å²) in [4.78, 5) is 23.9. The highest BCUT2D eigenvalue weighted by molar-refractivity contribution is 9.10. The normalized spacial score (nSPS) is 10.1. The van der Waals surface area contributed by atoms with Crippen molar-refractivity contribution in [2.75, 3.05) is 11.9 Å². The van der Waals surface area contributed by atoms with Gasteiger partial charge in [-0.1, -0.05) is 41.1 Å². The number of anilines is 1. The predicted molar refractivity (Wildman–Crippen MR) is 90.9 cm³/mol. The molecule has 5 heteroatoms. The number of aryl methyl sites for hydroxylation is 1. The molecule has 2 aromatic carbocycles. The van der Waals surface area contributed by atoms with Gasteiger partial charge in [0.15, 0.2) is 0 Å². The number of carbonyl (C=O) groups excluding carboxylic acids is 2. The minimum Gasteiger partial charge on any atom is -0.343 e. The molecule has 0 aliphatic heterocycles. The van der Waals surface area contributed by atoms with Crippen LogP contribution >= 0.6 is 15.9 Å². The average Bonchev–Trinajstić information content (AvgIpc) is 2.54. The Morgan fingerprint density at radius 2 is 1.73 bits per heavy atom. The zero-order chi connectivity index (χ0) is 15.9. The summed E-state index contributed by atoms with van der Waals surface area (Å²) in [5.41, 5.74) is 2.37. The maximum atomic E-state index is 11.9. The Morgan fingerprint density at radius 1 is 1.05 bits per heavy atom. The molecule has 0 fully saturated rings. The van der Waals surface area contributed by atoms with Crippen LogP contribution in [0.4, 0.5) is 5.69 Å². The van der Waals surface area contributed by atoms with Crippen molar-refractivity contribution in [1.82, 2.24) is 5.32 Å². The van der Waals surface area contributed by atoms with Crippen molar-refractivity contribution in [1.29, 1.82) is 0 Å². The Labute approximate surface area is 138 Å². The molecule has 2 N–H and O–H groups in total. The molecule has 2 rings (SSSR count). The van der Waals surface area contributed by atoms with Gasteiger partial charge >= 0.3 is 0 Å². The van der Waals surface area contributed by atoms with E-state index in [0.29, 0.717) is 5.56 Å². The van der Waals surface area contributed by atoms with Crippen molar-refractivity contribution in [3.63, 3.8) is 0 Å². The van der Waals surface area contributed by atoms with E-state index in [0.717, 1.165) is 22.1 Å². The number of para-hydroxylation sites is 1. The third kappa shape index (κ3) is 4.43. The van der Waals surface area contributed by atoms with E-state index in [1.54, 1.807) is 24.3 Å². The first kappa shape index (κ1) is 16.2. The van der Waals surface area contributed by atoms with Gasteiger partial charge in [-0.05, 0) is 42.3 Å². The highest BCUT2D eigenvalue weighted by Gasteiger charge is 2.09. The molecule has 0 aromatic heterocycles. The number of carbonyl (C=O) groups is 2. The molecular formula is C17H17BrN2O2. The lowest BCUT2D eigenvalue weighted by molar-refractivity contribution is -0.115. The van der Waals surface area contributed by atoms with E-state index in [9.17, 15) is 9.59 Å². The van der Waals surface area contributed by atoms with Crippen molar-refractivity contribution >= 4 is 33.4 Å². The molecule has 0 saturated heterocycles. The number of hydrogen-bond donors (Lipinski definition) is 2. The predicted octanol–water partition coefficient (Wildman–Crippen LogP) is 3.38. The lowest BCUT2D eigenvalue weighted by Gasteiger charge is -2.10. The smallest absolute Gasteiger partial charge is 0.251 e. The second-order valence-corrected chi connectivity index (χ2v) is 5.66. The van der Waals surface area contributed by atoms with Gasteiger partial charge in [-0.2, -0.15) is 0 Å². The molecular weight excluding hydrogens is 344 g/mol. The minimum atomic E-state index is -0.272. The lowest BCUT2D eigenvalue weighted by atomic mass is 10.1. The standard InChI is InChI=1S/C17H17BrN2O2/c1-2-12-5-3-4-6-15(12)20-16(21)11-19-17(22)13-7-9-14(18)10-8-13/h3-10H,2,11H2,1H3,(H,19,22)(H,20,21). The van der Waals surface area contributed by atoms with Gasteiger partial charge in [0.2, 0.25) is 5.91 Å². The van der Waals surface area contributed by atoms with Gasteiger partial charge in [0.05, 0.1) is 6.54 Å². The Kier molecular flexibility index (Phi) is 5.72. The SMILES string of the molecule is CCc1ccccc1NC(=O)CNC(=O)c1ccc(Br)cc1. The number of halogens is 1. The van der Waals surface area contributed by atoms with Crippen molar-refractivity contribution < 1.29 is 9.59 Å². The minimum absolute atomic E-state index is 0.0626. The molecule has 0 radical (unpaired) electrons. The third-order valence-electron chi connectivity index (χ3n) is 3.19. The summed E-state index contributed by atoms with van der Waals surface area (Å²) in [6.45, 7) is 1.97. The van der Waals surface area contributed by atoms with Gasteiger partial charge in [-0.25, -0.2) is 0 Å². The molecule has 0 saturated carbocycles. The third-order valence-corrected chi connectivity index (χ3v) is 3.72. The zero-order valence-corrected chi connectivity index (χ0v) is 13.8. The summed E-state index contributed by atoms with van der Waals surface area (Å²) in [6, 6.07) is 14.6. The maximum Gasteiger partial charge on any atom is 0.251 e. The number of benzene rings is 2. The summed E-state index contributed by atoms with van der Waals surface area (Å²) in [7, 11) is 0. The number of nitrogens with one attached hydrogen (secondary N) is 2. The van der Waals surface area contributed by atoms with Crippen LogP contribution in [0.15, 0.2) is 53.0 Å². The van der Waals surface area contributed by atoms with E-state index in [-0.39, 0.29) is 18.4 Å². The Balaban J connectivity index is 1.90. The molecule has 4 nitrogen and oxygen atoms in total. The van der Waals surface area contributed by atoms with Crippen LogP contribution < -0.4 is 10.6 Å². The number of rotatable bonds is 5. The molecule has 0 heterocycles. The van der Waals surface area contributed by atoms with Crippen LogP contribution in [0, 0.1) is 0 Å². The first-order valence-electron chi connectivity index (χ1n) is 7.01. The molecule has 0 aliphatic carbocycles. The quantitative estimate of drug-likeness (QED) is 0.858. The summed E-state index contributed by atoms with van der Waals surface area (Å²) in [5, 5.41) is 5.43. The zero-order valence-electron chi connectivity index (χ0n) is 12.2. The Bertz CT molecular complexity index is 669. The second-order valence-electron chi connectivity index (χ2n) is 4.75. The van der Waals surface area contributed by atoms with Crippen LogP contribution in [0.2, 0.25) is 0 Å². The van der Waals surface area contributed by atoms with Gasteiger partial charge in [0.1, 0.15) is 0 Å². The second kappa shape index (κ2) is 7.75. The first-order chi connectivity index (χ1) is 10.6. The summed E-state index contributed by atoms with van der Waals surface area (Å²) in [6.07, 6.45) is 0.835. The highest BCUT2D eigenvalue weighted by atomic mass is 79.9. The molecule has 0 bridgehead atoms. The van der Waals surface area contributed by atoms with Gasteiger partial charge in [-0.3, -0.25) is 9.59 Å². The molecule has 0 spiro atoms. The van der Waals surface area contributed by atoms with Crippen molar-refractivity contribution in [3.8, 4) is 0 Å². The molecule has 0 unspecified atom stereocenters. The Hall–Kier alpha value is -2.14. The first-order valence-corrected chi connectivity index (χ1v) is 7.81. The van der Waals surface area contributed by atoms with Gasteiger partial charge in [0.25, 0.3) is 5.91 Å². The number of hydrogen-bond acceptors (Lipinski definition) is 2. The molecule has 2 amide bonds. The summed E-state index contributed by atoms with van der Waals surface area (Å²) < 4.78 is 0.901. The van der Waals surface area contributed by atoms with Crippen molar-refractivity contribution in [3.05, 3.63) is 64.1 Å². The molecule has 0 aliphatic rings. The van der Waals surface area contributed by atoms with Crippen LogP contribution in [0.25, 0.3) is 0 Å². The summed E-state index contributed by atoms with van der Waals surface area (Å²) in [5.74, 6) is -0.516. The van der Waals surface area contributed by atoms with Gasteiger partial charge in [-0.15, -0.1) is 0 Å². The molecule has 2 aromatic rings.